The highest BCUT2D eigenvalue weighted by Crippen LogP contribution is 2.34. The van der Waals surface area contributed by atoms with Crippen molar-refractivity contribution < 1.29 is 13.9 Å². The number of pyridine rings is 2. The molecule has 1 aliphatic rings. The van der Waals surface area contributed by atoms with Crippen molar-refractivity contribution in [1.82, 2.24) is 19.8 Å². The van der Waals surface area contributed by atoms with Gasteiger partial charge in [0.2, 0.25) is 0 Å². The minimum absolute atomic E-state index is 0.0623. The summed E-state index contributed by atoms with van der Waals surface area (Å²) in [5.41, 5.74) is 0.886. The molecule has 7 nitrogen and oxygen atoms in total. The van der Waals surface area contributed by atoms with Crippen LogP contribution < -0.4 is 15.6 Å². The number of carbonyl (C=O) groups excluding carboxylic acids is 1. The van der Waals surface area contributed by atoms with Gasteiger partial charge >= 0.3 is 6.09 Å². The third-order valence-electron chi connectivity index (χ3n) is 4.84. The Morgan fingerprint density at radius 1 is 1.18 bits per heavy atom. The fourth-order valence-corrected chi connectivity index (χ4v) is 3.37. The molecular weight excluding hydrogens is 363 g/mol. The number of hydrogen-bond donors (Lipinski definition) is 1. The predicted octanol–water partition coefficient (Wildman–Crippen LogP) is 2.14. The van der Waals surface area contributed by atoms with Gasteiger partial charge < -0.3 is 19.5 Å². The molecule has 8 heteroatoms. The van der Waals surface area contributed by atoms with E-state index in [1.165, 1.54) is 22.8 Å². The number of piperazine rings is 1. The van der Waals surface area contributed by atoms with Gasteiger partial charge in [-0.25, -0.2) is 9.18 Å². The molecule has 0 saturated carbocycles. The van der Waals surface area contributed by atoms with Crippen molar-refractivity contribution in [3.05, 3.63) is 58.9 Å². The molecule has 3 aromatic rings. The molecule has 4 rings (SSSR count). The Morgan fingerprint density at radius 3 is 2.61 bits per heavy atom. The summed E-state index contributed by atoms with van der Waals surface area (Å²) in [5, 5.41) is 3.52. The van der Waals surface area contributed by atoms with Crippen molar-refractivity contribution in [2.24, 2.45) is 7.05 Å². The number of halogens is 1. The molecule has 1 amide bonds. The molecule has 0 unspecified atom stereocenters. The molecule has 1 fully saturated rings. The molecule has 0 radical (unpaired) electrons. The quantitative estimate of drug-likeness (QED) is 0.735. The Balaban J connectivity index is 1.93. The zero-order chi connectivity index (χ0) is 19.7. The van der Waals surface area contributed by atoms with Crippen LogP contribution in [0.15, 0.2) is 47.5 Å². The molecule has 2 aromatic heterocycles. The van der Waals surface area contributed by atoms with E-state index in [-0.39, 0.29) is 16.9 Å². The molecule has 0 atom stereocenters. The van der Waals surface area contributed by atoms with Gasteiger partial charge in [-0.3, -0.25) is 9.78 Å². The summed E-state index contributed by atoms with van der Waals surface area (Å²) in [6.45, 7) is 2.33. The van der Waals surface area contributed by atoms with Gasteiger partial charge in [0.15, 0.2) is 5.75 Å². The number of fused-ring (bicyclic) bond motifs is 1. The van der Waals surface area contributed by atoms with Crippen LogP contribution in [0.3, 0.4) is 0 Å². The van der Waals surface area contributed by atoms with E-state index in [1.54, 1.807) is 36.5 Å². The first-order valence-corrected chi connectivity index (χ1v) is 8.96. The highest BCUT2D eigenvalue weighted by molar-refractivity contribution is 5.94. The molecule has 1 saturated heterocycles. The largest absolute Gasteiger partial charge is 0.415 e. The number of hydrogen-bond acceptors (Lipinski definition) is 5. The zero-order valence-electron chi connectivity index (χ0n) is 15.3. The molecule has 3 heterocycles. The van der Waals surface area contributed by atoms with Crippen LogP contribution in [-0.2, 0) is 7.05 Å². The lowest BCUT2D eigenvalue weighted by Crippen LogP contribution is -2.47. The smallest absolute Gasteiger partial charge is 0.409 e. The number of aromatic nitrogens is 2. The molecule has 0 aliphatic carbocycles. The molecule has 1 aliphatic heterocycles. The summed E-state index contributed by atoms with van der Waals surface area (Å²) >= 11 is 0. The van der Waals surface area contributed by atoms with Crippen molar-refractivity contribution in [2.45, 2.75) is 0 Å². The molecule has 28 heavy (non-hydrogen) atoms. The first kappa shape index (κ1) is 18.1. The fraction of sp³-hybridized carbons (Fsp3) is 0.250. The summed E-state index contributed by atoms with van der Waals surface area (Å²) in [7, 11) is 1.61. The van der Waals surface area contributed by atoms with E-state index in [0.29, 0.717) is 42.6 Å². The van der Waals surface area contributed by atoms with Crippen LogP contribution in [0.25, 0.3) is 22.0 Å². The number of carbonyl (C=O) groups is 1. The number of ether oxygens (including phenoxy) is 1. The maximum Gasteiger partial charge on any atom is 0.415 e. The Morgan fingerprint density at radius 2 is 1.89 bits per heavy atom. The lowest BCUT2D eigenvalue weighted by Gasteiger charge is -2.27. The lowest BCUT2D eigenvalue weighted by molar-refractivity contribution is 0.146. The lowest BCUT2D eigenvalue weighted by atomic mass is 10.0. The third-order valence-corrected chi connectivity index (χ3v) is 4.84. The standard InChI is InChI=1S/C20H19FN4O3/c1-24-16-3-2-14(21)12-15(16)18(28-20(27)25-10-8-23-9-11-25)17(19(24)26)13-4-6-22-7-5-13/h2-7,12,23H,8-11H2,1H3. The Kier molecular flexibility index (Phi) is 4.79. The summed E-state index contributed by atoms with van der Waals surface area (Å²) in [6.07, 6.45) is 2.54. The summed E-state index contributed by atoms with van der Waals surface area (Å²) in [5.74, 6) is -0.418. The van der Waals surface area contributed by atoms with Gasteiger partial charge in [-0.15, -0.1) is 0 Å². The van der Waals surface area contributed by atoms with Crippen LogP contribution >= 0.6 is 0 Å². The maximum atomic E-state index is 14.0. The summed E-state index contributed by atoms with van der Waals surface area (Å²) < 4.78 is 21.1. The Hall–Kier alpha value is -3.26. The number of nitrogens with one attached hydrogen (secondary N) is 1. The van der Waals surface area contributed by atoms with Gasteiger partial charge in [0.05, 0.1) is 11.1 Å². The predicted molar refractivity (Wildman–Crippen MR) is 103 cm³/mol. The summed E-state index contributed by atoms with van der Waals surface area (Å²) in [6, 6.07) is 7.37. The molecule has 1 N–H and O–H groups in total. The zero-order valence-corrected chi connectivity index (χ0v) is 15.3. The second-order valence-electron chi connectivity index (χ2n) is 6.57. The topological polar surface area (TPSA) is 76.5 Å². The van der Waals surface area contributed by atoms with Gasteiger partial charge in [-0.1, -0.05) is 0 Å². The second kappa shape index (κ2) is 7.40. The number of benzene rings is 1. The average Bonchev–Trinajstić information content (AvgIpc) is 2.73. The van der Waals surface area contributed by atoms with Gasteiger partial charge in [0, 0.05) is 51.0 Å². The minimum atomic E-state index is -0.560. The van der Waals surface area contributed by atoms with Gasteiger partial charge in [0.25, 0.3) is 5.56 Å². The van der Waals surface area contributed by atoms with E-state index in [9.17, 15) is 14.0 Å². The minimum Gasteiger partial charge on any atom is -0.409 e. The number of aryl methyl sites for hydroxylation is 1. The van der Waals surface area contributed by atoms with E-state index >= 15 is 0 Å². The number of rotatable bonds is 2. The van der Waals surface area contributed by atoms with Gasteiger partial charge in [-0.2, -0.15) is 0 Å². The van der Waals surface area contributed by atoms with Crippen LogP contribution in [-0.4, -0.2) is 46.7 Å². The highest BCUT2D eigenvalue weighted by atomic mass is 19.1. The van der Waals surface area contributed by atoms with E-state index in [1.807, 2.05) is 0 Å². The van der Waals surface area contributed by atoms with Gasteiger partial charge in [0.1, 0.15) is 5.82 Å². The van der Waals surface area contributed by atoms with Crippen LogP contribution in [0.4, 0.5) is 9.18 Å². The normalized spacial score (nSPS) is 14.3. The molecule has 1 aromatic carbocycles. The van der Waals surface area contributed by atoms with E-state index in [4.69, 9.17) is 4.74 Å². The fourth-order valence-electron chi connectivity index (χ4n) is 3.37. The molecule has 0 bridgehead atoms. The third kappa shape index (κ3) is 3.22. The maximum absolute atomic E-state index is 14.0. The molecule has 0 spiro atoms. The van der Waals surface area contributed by atoms with Crippen molar-refractivity contribution >= 4 is 17.0 Å². The number of amides is 1. The first-order chi connectivity index (χ1) is 13.6. The van der Waals surface area contributed by atoms with E-state index in [0.717, 1.165) is 0 Å². The SMILES string of the molecule is Cn1c(=O)c(-c2ccncc2)c(OC(=O)N2CCNCC2)c2cc(F)ccc21. The van der Waals surface area contributed by atoms with Crippen LogP contribution in [0.1, 0.15) is 0 Å². The van der Waals surface area contributed by atoms with Crippen LogP contribution in [0, 0.1) is 5.82 Å². The van der Waals surface area contributed by atoms with Crippen molar-refractivity contribution in [2.75, 3.05) is 26.2 Å². The van der Waals surface area contributed by atoms with E-state index < -0.39 is 11.9 Å². The molecule has 144 valence electrons. The van der Waals surface area contributed by atoms with E-state index in [2.05, 4.69) is 10.3 Å². The van der Waals surface area contributed by atoms with Gasteiger partial charge in [-0.05, 0) is 35.9 Å². The number of nitrogens with zero attached hydrogens (tertiary/aromatic N) is 3. The van der Waals surface area contributed by atoms with Crippen LogP contribution in [0.2, 0.25) is 0 Å². The van der Waals surface area contributed by atoms with Crippen molar-refractivity contribution in [1.29, 1.82) is 0 Å². The Bertz CT molecular complexity index is 1090. The monoisotopic (exact) mass is 382 g/mol. The van der Waals surface area contributed by atoms with Crippen molar-refractivity contribution in [3.63, 3.8) is 0 Å². The second-order valence-corrected chi connectivity index (χ2v) is 6.57. The van der Waals surface area contributed by atoms with Crippen LogP contribution in [0.5, 0.6) is 5.75 Å². The average molecular weight is 382 g/mol. The first-order valence-electron chi connectivity index (χ1n) is 8.96. The summed E-state index contributed by atoms with van der Waals surface area (Å²) in [4.78, 5) is 31.4. The highest BCUT2D eigenvalue weighted by Gasteiger charge is 2.24. The van der Waals surface area contributed by atoms with Crippen molar-refractivity contribution in [3.8, 4) is 16.9 Å². The Labute approximate surface area is 160 Å². The molecular formula is C20H19FN4O3.